The third-order valence-corrected chi connectivity index (χ3v) is 2.21. The van der Waals surface area contributed by atoms with E-state index in [0.717, 1.165) is 17.7 Å². The van der Waals surface area contributed by atoms with E-state index in [-0.39, 0.29) is 0 Å². The predicted octanol–water partition coefficient (Wildman–Crippen LogP) is 0.935. The summed E-state index contributed by atoms with van der Waals surface area (Å²) in [5.74, 6) is 0. The van der Waals surface area contributed by atoms with Crippen LogP contribution in [0.3, 0.4) is 0 Å². The predicted molar refractivity (Wildman–Crippen MR) is 51.3 cm³/mol. The molecule has 1 rings (SSSR count). The van der Waals surface area contributed by atoms with E-state index in [2.05, 4.69) is 10.1 Å². The summed E-state index contributed by atoms with van der Waals surface area (Å²) in [4.78, 5) is 2.13. The lowest BCUT2D eigenvalue weighted by Crippen LogP contribution is -2.22. The van der Waals surface area contributed by atoms with Crippen LogP contribution in [0.1, 0.15) is 23.7 Å². The Labute approximate surface area is 78.7 Å². The molecule has 1 atom stereocenters. The molecule has 1 unspecified atom stereocenters. The Hall–Kier alpha value is -0.870. The zero-order valence-corrected chi connectivity index (χ0v) is 8.45. The number of rotatable bonds is 4. The van der Waals surface area contributed by atoms with E-state index in [1.807, 2.05) is 21.0 Å². The van der Waals surface area contributed by atoms with Crippen LogP contribution in [-0.2, 0) is 0 Å². The van der Waals surface area contributed by atoms with E-state index < -0.39 is 0 Å². The van der Waals surface area contributed by atoms with Crippen LogP contribution in [0.15, 0.2) is 10.8 Å². The van der Waals surface area contributed by atoms with Crippen LogP contribution >= 0.6 is 0 Å². The van der Waals surface area contributed by atoms with Gasteiger partial charge in [-0.05, 0) is 34.0 Å². The first-order valence-electron chi connectivity index (χ1n) is 4.44. The minimum absolute atomic E-state index is 0.316. The van der Waals surface area contributed by atoms with Gasteiger partial charge in [-0.1, -0.05) is 5.16 Å². The smallest absolute Gasteiger partial charge is 0.128 e. The molecule has 0 spiro atoms. The molecule has 0 saturated carbocycles. The molecular formula is C9H17N3O. The number of aromatic nitrogens is 1. The molecule has 2 N–H and O–H groups in total. The lowest BCUT2D eigenvalue weighted by Gasteiger charge is -2.22. The molecule has 13 heavy (non-hydrogen) atoms. The van der Waals surface area contributed by atoms with Gasteiger partial charge < -0.3 is 15.2 Å². The Balaban J connectivity index is 2.82. The van der Waals surface area contributed by atoms with E-state index in [1.54, 1.807) is 6.26 Å². The van der Waals surface area contributed by atoms with Gasteiger partial charge in [0.25, 0.3) is 0 Å². The first-order chi connectivity index (χ1) is 6.16. The molecular weight excluding hydrogens is 166 g/mol. The van der Waals surface area contributed by atoms with E-state index >= 15 is 0 Å². The van der Waals surface area contributed by atoms with E-state index in [9.17, 15) is 0 Å². The van der Waals surface area contributed by atoms with Crippen LogP contribution in [0.4, 0.5) is 0 Å². The molecule has 0 aliphatic heterocycles. The molecule has 1 aromatic rings. The van der Waals surface area contributed by atoms with Crippen molar-refractivity contribution >= 4 is 0 Å². The quantitative estimate of drug-likeness (QED) is 0.754. The monoisotopic (exact) mass is 183 g/mol. The van der Waals surface area contributed by atoms with Crippen LogP contribution < -0.4 is 5.73 Å². The zero-order valence-electron chi connectivity index (χ0n) is 8.45. The maximum Gasteiger partial charge on any atom is 0.128 e. The van der Waals surface area contributed by atoms with E-state index in [0.29, 0.717) is 12.6 Å². The van der Waals surface area contributed by atoms with Crippen molar-refractivity contribution in [1.82, 2.24) is 10.1 Å². The Kier molecular flexibility index (Phi) is 3.45. The van der Waals surface area contributed by atoms with Gasteiger partial charge in [0.05, 0.1) is 5.69 Å². The fraction of sp³-hybridized carbons (Fsp3) is 0.667. The van der Waals surface area contributed by atoms with Gasteiger partial charge in [0, 0.05) is 11.6 Å². The highest BCUT2D eigenvalue weighted by atomic mass is 16.5. The van der Waals surface area contributed by atoms with Crippen molar-refractivity contribution in [2.75, 3.05) is 20.6 Å². The first kappa shape index (κ1) is 10.2. The Morgan fingerprint density at radius 2 is 2.31 bits per heavy atom. The number of hydrogen-bond donors (Lipinski definition) is 1. The second-order valence-electron chi connectivity index (χ2n) is 3.41. The summed E-state index contributed by atoms with van der Waals surface area (Å²) in [5.41, 5.74) is 7.63. The topological polar surface area (TPSA) is 55.3 Å². The standard InChI is InChI=1S/C9H17N3O/c1-7-8(6-13-11-7)9(4-5-10)12(2)3/h6,9H,4-5,10H2,1-3H3. The van der Waals surface area contributed by atoms with Crippen molar-refractivity contribution in [3.63, 3.8) is 0 Å². The molecule has 4 heteroatoms. The zero-order chi connectivity index (χ0) is 9.84. The molecule has 0 aliphatic rings. The summed E-state index contributed by atoms with van der Waals surface area (Å²) < 4.78 is 4.91. The SMILES string of the molecule is Cc1nocc1C(CCN)N(C)C. The van der Waals surface area contributed by atoms with Gasteiger partial charge in [0.1, 0.15) is 6.26 Å². The van der Waals surface area contributed by atoms with E-state index in [4.69, 9.17) is 10.3 Å². The van der Waals surface area contributed by atoms with Crippen molar-refractivity contribution < 1.29 is 4.52 Å². The minimum atomic E-state index is 0.316. The van der Waals surface area contributed by atoms with Crippen molar-refractivity contribution in [3.05, 3.63) is 17.5 Å². The number of hydrogen-bond acceptors (Lipinski definition) is 4. The lowest BCUT2D eigenvalue weighted by atomic mass is 10.0. The van der Waals surface area contributed by atoms with Gasteiger partial charge >= 0.3 is 0 Å². The summed E-state index contributed by atoms with van der Waals surface area (Å²) in [6.45, 7) is 2.62. The Morgan fingerprint density at radius 1 is 1.62 bits per heavy atom. The van der Waals surface area contributed by atoms with Crippen LogP contribution in [0, 0.1) is 6.92 Å². The molecule has 1 heterocycles. The average molecular weight is 183 g/mol. The molecule has 0 aliphatic carbocycles. The molecule has 0 radical (unpaired) electrons. The molecule has 0 amide bonds. The minimum Gasteiger partial charge on any atom is -0.364 e. The normalized spacial score (nSPS) is 13.6. The maximum atomic E-state index is 5.55. The Morgan fingerprint density at radius 3 is 2.69 bits per heavy atom. The number of nitrogens with zero attached hydrogens (tertiary/aromatic N) is 2. The Bertz CT molecular complexity index is 257. The van der Waals surface area contributed by atoms with Gasteiger partial charge in [-0.3, -0.25) is 0 Å². The molecule has 0 saturated heterocycles. The highest BCUT2D eigenvalue weighted by molar-refractivity contribution is 5.17. The number of aryl methyl sites for hydroxylation is 1. The summed E-state index contributed by atoms with van der Waals surface area (Å²) in [6.07, 6.45) is 2.63. The second kappa shape index (κ2) is 4.39. The molecule has 0 bridgehead atoms. The van der Waals surface area contributed by atoms with Crippen molar-refractivity contribution in [1.29, 1.82) is 0 Å². The largest absolute Gasteiger partial charge is 0.364 e. The van der Waals surface area contributed by atoms with Crippen LogP contribution in [0.25, 0.3) is 0 Å². The second-order valence-corrected chi connectivity index (χ2v) is 3.41. The van der Waals surface area contributed by atoms with Gasteiger partial charge in [-0.25, -0.2) is 0 Å². The summed E-state index contributed by atoms with van der Waals surface area (Å²) in [5, 5.41) is 3.86. The van der Waals surface area contributed by atoms with E-state index in [1.165, 1.54) is 0 Å². The first-order valence-corrected chi connectivity index (χ1v) is 4.44. The van der Waals surface area contributed by atoms with Crippen LogP contribution in [0.2, 0.25) is 0 Å². The molecule has 0 aromatic carbocycles. The fourth-order valence-corrected chi connectivity index (χ4v) is 1.47. The third kappa shape index (κ3) is 2.29. The van der Waals surface area contributed by atoms with Gasteiger partial charge in [-0.2, -0.15) is 0 Å². The van der Waals surface area contributed by atoms with Crippen molar-refractivity contribution in [3.8, 4) is 0 Å². The van der Waals surface area contributed by atoms with Crippen LogP contribution in [0.5, 0.6) is 0 Å². The van der Waals surface area contributed by atoms with Gasteiger partial charge in [-0.15, -0.1) is 0 Å². The van der Waals surface area contributed by atoms with Gasteiger partial charge in [0.15, 0.2) is 0 Å². The average Bonchev–Trinajstić information content (AvgIpc) is 2.47. The van der Waals surface area contributed by atoms with Crippen molar-refractivity contribution in [2.45, 2.75) is 19.4 Å². The summed E-state index contributed by atoms with van der Waals surface area (Å²) >= 11 is 0. The fourth-order valence-electron chi connectivity index (χ4n) is 1.47. The van der Waals surface area contributed by atoms with Crippen molar-refractivity contribution in [2.24, 2.45) is 5.73 Å². The summed E-state index contributed by atoms with van der Waals surface area (Å²) in [7, 11) is 4.07. The molecule has 0 fully saturated rings. The van der Waals surface area contributed by atoms with Crippen LogP contribution in [-0.4, -0.2) is 30.7 Å². The molecule has 1 aromatic heterocycles. The molecule has 4 nitrogen and oxygen atoms in total. The number of nitrogens with two attached hydrogens (primary N) is 1. The van der Waals surface area contributed by atoms with Gasteiger partial charge in [0.2, 0.25) is 0 Å². The lowest BCUT2D eigenvalue weighted by molar-refractivity contribution is 0.284. The molecule has 74 valence electrons. The summed E-state index contributed by atoms with van der Waals surface area (Å²) in [6, 6.07) is 0.316. The highest BCUT2D eigenvalue weighted by Gasteiger charge is 2.17. The maximum absolute atomic E-state index is 5.55. The highest BCUT2D eigenvalue weighted by Crippen LogP contribution is 2.23. The third-order valence-electron chi connectivity index (χ3n) is 2.21.